The molecule has 3 N–H and O–H groups in total. The number of aliphatic hydroxyl groups excluding tert-OH is 1. The molecule has 17 nitrogen and oxygen atoms in total. The quantitative estimate of drug-likeness (QED) is 0.0222. The molecule has 0 aliphatic heterocycles. The number of phosphoric acid groups is 2. The average Bonchev–Trinajstić information content (AvgIpc) is 0.987. The van der Waals surface area contributed by atoms with Crippen molar-refractivity contribution in [1.29, 1.82) is 0 Å². The molecule has 5 atom stereocenters. The van der Waals surface area contributed by atoms with E-state index in [4.69, 9.17) is 37.0 Å². The van der Waals surface area contributed by atoms with E-state index in [2.05, 4.69) is 41.5 Å². The molecule has 0 saturated heterocycles. The number of ether oxygens (including phenoxy) is 4. The Morgan fingerprint density at radius 2 is 0.465 bits per heavy atom. The number of carbonyl (C=O) groups excluding carboxylic acids is 4. The number of unbranched alkanes of at least 4 members (excludes halogenated alkanes) is 49. The van der Waals surface area contributed by atoms with Crippen LogP contribution in [0, 0.1) is 11.8 Å². The molecule has 0 heterocycles. The number of esters is 4. The standard InChI is InChI=1S/C80H156O17P2/c1-7-9-11-13-15-17-19-21-23-24-27-31-34-38-44-50-56-62-77(82)90-68-75(96-79(84)65-59-53-46-40-36-32-28-25-26-29-33-37-42-48-54-60-72(3)4)70-94-98(86,87)92-66-74(81)67-93-99(88,89)95-71-76(69-91-78(83)63-57-51-47-41-43-49-55-61-73(5)6)97-80(85)64-58-52-45-39-35-30-22-20-18-16-14-12-10-8-2/h72-76,81H,7-71H2,1-6H3,(H,86,87)(H,88,89)/t74-,75-,76-/m1/s1. The van der Waals surface area contributed by atoms with Crippen molar-refractivity contribution in [3.05, 3.63) is 0 Å². The molecule has 0 aromatic rings. The van der Waals surface area contributed by atoms with Crippen molar-refractivity contribution in [2.45, 2.75) is 439 Å². The Labute approximate surface area is 607 Å². The maximum atomic E-state index is 13.1. The van der Waals surface area contributed by atoms with E-state index >= 15 is 0 Å². The van der Waals surface area contributed by atoms with E-state index in [0.29, 0.717) is 31.6 Å². The fraction of sp³-hybridized carbons (Fsp3) is 0.950. The molecule has 588 valence electrons. The van der Waals surface area contributed by atoms with Gasteiger partial charge in [-0.2, -0.15) is 0 Å². The number of hydrogen-bond donors (Lipinski definition) is 3. The van der Waals surface area contributed by atoms with Crippen molar-refractivity contribution >= 4 is 39.5 Å². The SMILES string of the molecule is CCCCCCCCCCCCCCCCCCCC(=O)OC[C@H](COP(=O)(O)OC[C@@H](O)COP(=O)(O)OC[C@@H](COC(=O)CCCCCCCCCC(C)C)OC(=O)CCCCCCCCCCCCCCCC)OC(=O)CCCCCCCCCCCCCCCCCC(C)C. The second kappa shape index (κ2) is 71.7. The molecule has 2 unspecified atom stereocenters. The van der Waals surface area contributed by atoms with Crippen LogP contribution >= 0.6 is 15.6 Å². The van der Waals surface area contributed by atoms with Crippen LogP contribution in [0.3, 0.4) is 0 Å². The Bertz CT molecular complexity index is 1910. The predicted octanol–water partition coefficient (Wildman–Crippen LogP) is 23.9. The van der Waals surface area contributed by atoms with Crippen molar-refractivity contribution in [3.63, 3.8) is 0 Å². The largest absolute Gasteiger partial charge is 0.472 e. The highest BCUT2D eigenvalue weighted by atomic mass is 31.2. The fourth-order valence-corrected chi connectivity index (χ4v) is 13.9. The molecule has 0 aromatic carbocycles. The normalized spacial score (nSPS) is 13.9. The van der Waals surface area contributed by atoms with Crippen LogP contribution in [-0.2, 0) is 65.4 Å². The van der Waals surface area contributed by atoms with Gasteiger partial charge in [-0.1, -0.05) is 369 Å². The van der Waals surface area contributed by atoms with Crippen molar-refractivity contribution in [2.75, 3.05) is 39.6 Å². The maximum Gasteiger partial charge on any atom is 0.472 e. The number of phosphoric ester groups is 2. The van der Waals surface area contributed by atoms with Crippen LogP contribution in [0.4, 0.5) is 0 Å². The molecule has 0 rings (SSSR count). The van der Waals surface area contributed by atoms with Crippen LogP contribution in [0.1, 0.15) is 420 Å². The molecule has 0 aromatic heterocycles. The third kappa shape index (κ3) is 74.1. The van der Waals surface area contributed by atoms with Gasteiger partial charge in [0.05, 0.1) is 26.4 Å². The second-order valence-electron chi connectivity index (χ2n) is 29.8. The van der Waals surface area contributed by atoms with Gasteiger partial charge >= 0.3 is 39.5 Å². The first kappa shape index (κ1) is 97.1. The molecule has 0 radical (unpaired) electrons. The summed E-state index contributed by atoms with van der Waals surface area (Å²) in [7, 11) is -9.92. The number of hydrogen-bond acceptors (Lipinski definition) is 15. The van der Waals surface area contributed by atoms with Crippen LogP contribution < -0.4 is 0 Å². The summed E-state index contributed by atoms with van der Waals surface area (Å²) in [6.45, 7) is 9.61. The Kier molecular flexibility index (Phi) is 70.3. The monoisotopic (exact) mass is 1450 g/mol. The lowest BCUT2D eigenvalue weighted by Gasteiger charge is -2.21. The van der Waals surface area contributed by atoms with Crippen molar-refractivity contribution in [3.8, 4) is 0 Å². The minimum atomic E-state index is -4.96. The van der Waals surface area contributed by atoms with Gasteiger partial charge in [-0.15, -0.1) is 0 Å². The van der Waals surface area contributed by atoms with Gasteiger partial charge in [-0.05, 0) is 37.5 Å². The zero-order valence-electron chi connectivity index (χ0n) is 64.8. The minimum Gasteiger partial charge on any atom is -0.462 e. The third-order valence-electron chi connectivity index (χ3n) is 18.7. The van der Waals surface area contributed by atoms with Gasteiger partial charge in [0, 0.05) is 25.7 Å². The molecule has 99 heavy (non-hydrogen) atoms. The first-order chi connectivity index (χ1) is 47.9. The molecule has 0 amide bonds. The summed E-state index contributed by atoms with van der Waals surface area (Å²) in [6, 6.07) is 0. The maximum absolute atomic E-state index is 13.1. The summed E-state index contributed by atoms with van der Waals surface area (Å²) in [5.74, 6) is -0.601. The molecular formula is C80H156O17P2. The van der Waals surface area contributed by atoms with E-state index in [-0.39, 0.29) is 25.7 Å². The van der Waals surface area contributed by atoms with Crippen molar-refractivity contribution in [2.24, 2.45) is 11.8 Å². The van der Waals surface area contributed by atoms with Gasteiger partial charge in [0.1, 0.15) is 19.3 Å². The van der Waals surface area contributed by atoms with Gasteiger partial charge < -0.3 is 33.8 Å². The Balaban J connectivity index is 5.24. The molecule has 0 aliphatic rings. The highest BCUT2D eigenvalue weighted by Crippen LogP contribution is 2.45. The minimum absolute atomic E-state index is 0.107. The first-order valence-corrected chi connectivity index (χ1v) is 44.5. The van der Waals surface area contributed by atoms with E-state index in [9.17, 15) is 43.2 Å². The lowest BCUT2D eigenvalue weighted by atomic mass is 10.0. The van der Waals surface area contributed by atoms with Crippen LogP contribution in [0.2, 0.25) is 0 Å². The van der Waals surface area contributed by atoms with Crippen molar-refractivity contribution in [1.82, 2.24) is 0 Å². The third-order valence-corrected chi connectivity index (χ3v) is 20.6. The zero-order valence-corrected chi connectivity index (χ0v) is 66.6. The van der Waals surface area contributed by atoms with Gasteiger partial charge in [-0.25, -0.2) is 9.13 Å². The molecule has 0 bridgehead atoms. The molecule has 0 spiro atoms. The van der Waals surface area contributed by atoms with E-state index in [1.165, 1.54) is 231 Å². The summed E-state index contributed by atoms with van der Waals surface area (Å²) in [5.41, 5.74) is 0. The summed E-state index contributed by atoms with van der Waals surface area (Å²) >= 11 is 0. The Morgan fingerprint density at radius 1 is 0.273 bits per heavy atom. The average molecular weight is 1450 g/mol. The summed E-state index contributed by atoms with van der Waals surface area (Å²) in [6.07, 6.45) is 61.1. The van der Waals surface area contributed by atoms with Gasteiger partial charge in [0.25, 0.3) is 0 Å². The molecule has 19 heteroatoms. The van der Waals surface area contributed by atoms with Gasteiger partial charge in [-0.3, -0.25) is 37.3 Å². The van der Waals surface area contributed by atoms with Crippen LogP contribution in [0.15, 0.2) is 0 Å². The molecule has 0 fully saturated rings. The Hall–Kier alpha value is -1.94. The fourth-order valence-electron chi connectivity index (χ4n) is 12.4. The van der Waals surface area contributed by atoms with E-state index in [0.717, 1.165) is 102 Å². The van der Waals surface area contributed by atoms with E-state index in [1.54, 1.807) is 0 Å². The van der Waals surface area contributed by atoms with Crippen LogP contribution in [0.25, 0.3) is 0 Å². The molecule has 0 aliphatic carbocycles. The highest BCUT2D eigenvalue weighted by molar-refractivity contribution is 7.47. The van der Waals surface area contributed by atoms with Crippen molar-refractivity contribution < 1.29 is 80.2 Å². The van der Waals surface area contributed by atoms with E-state index < -0.39 is 97.5 Å². The topological polar surface area (TPSA) is 237 Å². The second-order valence-corrected chi connectivity index (χ2v) is 32.7. The number of rotatable bonds is 79. The van der Waals surface area contributed by atoms with E-state index in [1.807, 2.05) is 0 Å². The lowest BCUT2D eigenvalue weighted by molar-refractivity contribution is -0.161. The lowest BCUT2D eigenvalue weighted by Crippen LogP contribution is -2.30. The number of carbonyl (C=O) groups is 4. The summed E-state index contributed by atoms with van der Waals surface area (Å²) < 4.78 is 68.7. The predicted molar refractivity (Wildman–Crippen MR) is 405 cm³/mol. The molecule has 0 saturated carbocycles. The van der Waals surface area contributed by atoms with Gasteiger partial charge in [0.15, 0.2) is 12.2 Å². The smallest absolute Gasteiger partial charge is 0.462 e. The summed E-state index contributed by atoms with van der Waals surface area (Å²) in [4.78, 5) is 73.0. The highest BCUT2D eigenvalue weighted by Gasteiger charge is 2.30. The zero-order chi connectivity index (χ0) is 72.8. The van der Waals surface area contributed by atoms with Crippen LogP contribution in [-0.4, -0.2) is 96.7 Å². The number of aliphatic hydroxyl groups is 1. The Morgan fingerprint density at radius 3 is 0.687 bits per heavy atom. The summed E-state index contributed by atoms with van der Waals surface area (Å²) in [5, 5.41) is 10.6. The molecular weight excluding hydrogens is 1290 g/mol. The van der Waals surface area contributed by atoms with Crippen LogP contribution in [0.5, 0.6) is 0 Å². The first-order valence-electron chi connectivity index (χ1n) is 41.5. The van der Waals surface area contributed by atoms with Gasteiger partial charge in [0.2, 0.25) is 0 Å².